The summed E-state index contributed by atoms with van der Waals surface area (Å²) < 4.78 is 0. The maximum atomic E-state index is 12.5. The van der Waals surface area contributed by atoms with Crippen molar-refractivity contribution in [3.05, 3.63) is 108 Å². The van der Waals surface area contributed by atoms with Crippen LogP contribution in [-0.2, 0) is 6.54 Å². The summed E-state index contributed by atoms with van der Waals surface area (Å²) in [5.41, 5.74) is 3.31. The second kappa shape index (κ2) is 9.20. The summed E-state index contributed by atoms with van der Waals surface area (Å²) in [4.78, 5) is 12.5. The highest BCUT2D eigenvalue weighted by Crippen LogP contribution is 2.23. The van der Waals surface area contributed by atoms with E-state index in [9.17, 15) is 4.79 Å². The van der Waals surface area contributed by atoms with Crippen LogP contribution in [0, 0.1) is 0 Å². The lowest BCUT2D eigenvalue weighted by molar-refractivity contribution is 0.0951. The fraction of sp³-hybridized carbons (Fsp3) is 0.0400. The second-order valence-corrected chi connectivity index (χ2v) is 7.26. The van der Waals surface area contributed by atoms with Gasteiger partial charge in [-0.2, -0.15) is 0 Å². The van der Waals surface area contributed by atoms with Crippen LogP contribution < -0.4 is 16.0 Å². The van der Waals surface area contributed by atoms with Gasteiger partial charge in [-0.3, -0.25) is 4.79 Å². The number of anilines is 2. The minimum absolute atomic E-state index is 0.129. The number of hydrogen-bond acceptors (Lipinski definition) is 2. The van der Waals surface area contributed by atoms with Gasteiger partial charge < -0.3 is 16.0 Å². The quantitative estimate of drug-likeness (QED) is 0.375. The van der Waals surface area contributed by atoms with Gasteiger partial charge in [-0.15, -0.1) is 0 Å². The van der Waals surface area contributed by atoms with Crippen molar-refractivity contribution in [3.63, 3.8) is 0 Å². The Morgan fingerprint density at radius 3 is 2.37 bits per heavy atom. The first-order valence-electron chi connectivity index (χ1n) is 9.67. The minimum Gasteiger partial charge on any atom is -0.348 e. The van der Waals surface area contributed by atoms with Crippen molar-refractivity contribution in [1.82, 2.24) is 5.32 Å². The van der Waals surface area contributed by atoms with Gasteiger partial charge in [-0.1, -0.05) is 72.8 Å². The van der Waals surface area contributed by atoms with Gasteiger partial charge >= 0.3 is 0 Å². The van der Waals surface area contributed by atoms with Crippen LogP contribution in [0.5, 0.6) is 0 Å². The number of carbonyl (C=O) groups excluding carboxylic acids is 1. The summed E-state index contributed by atoms with van der Waals surface area (Å²) >= 11 is 5.48. The van der Waals surface area contributed by atoms with E-state index < -0.39 is 0 Å². The topological polar surface area (TPSA) is 53.2 Å². The number of fused-ring (bicyclic) bond motifs is 1. The van der Waals surface area contributed by atoms with Crippen LogP contribution in [-0.4, -0.2) is 11.0 Å². The van der Waals surface area contributed by atoms with Crippen molar-refractivity contribution in [1.29, 1.82) is 0 Å². The summed E-state index contributed by atoms with van der Waals surface area (Å²) in [7, 11) is 0. The van der Waals surface area contributed by atoms with Gasteiger partial charge in [0, 0.05) is 28.9 Å². The van der Waals surface area contributed by atoms with E-state index in [1.54, 1.807) is 12.1 Å². The van der Waals surface area contributed by atoms with E-state index in [1.807, 2.05) is 66.7 Å². The molecule has 0 spiro atoms. The Kier molecular flexibility index (Phi) is 6.01. The highest BCUT2D eigenvalue weighted by molar-refractivity contribution is 7.80. The van der Waals surface area contributed by atoms with Gasteiger partial charge in [-0.05, 0) is 47.4 Å². The fourth-order valence-electron chi connectivity index (χ4n) is 3.24. The first kappa shape index (κ1) is 19.6. The van der Waals surface area contributed by atoms with Crippen molar-refractivity contribution in [3.8, 4) is 0 Å². The van der Waals surface area contributed by atoms with Gasteiger partial charge in [0.2, 0.25) is 0 Å². The molecule has 0 saturated heterocycles. The molecular weight excluding hydrogens is 390 g/mol. The first-order valence-corrected chi connectivity index (χ1v) is 10.1. The Hall–Kier alpha value is -3.70. The molecule has 4 rings (SSSR count). The van der Waals surface area contributed by atoms with E-state index in [4.69, 9.17) is 12.2 Å². The lowest BCUT2D eigenvalue weighted by Crippen LogP contribution is -2.23. The molecular formula is C25H21N3OS. The second-order valence-electron chi connectivity index (χ2n) is 6.85. The number of benzene rings is 4. The number of hydrogen-bond donors (Lipinski definition) is 3. The van der Waals surface area contributed by atoms with Crippen LogP contribution in [0.4, 0.5) is 11.4 Å². The van der Waals surface area contributed by atoms with Crippen molar-refractivity contribution in [2.45, 2.75) is 6.54 Å². The SMILES string of the molecule is O=C(NCc1ccccc1)c1cccc(NC(=S)Nc2cccc3ccccc23)c1. The number of amides is 1. The predicted molar refractivity (Wildman–Crippen MR) is 128 cm³/mol. The summed E-state index contributed by atoms with van der Waals surface area (Å²) in [6.45, 7) is 0.485. The molecule has 0 aromatic heterocycles. The molecule has 0 aliphatic carbocycles. The molecule has 0 saturated carbocycles. The Balaban J connectivity index is 1.41. The Labute approximate surface area is 180 Å². The van der Waals surface area contributed by atoms with E-state index in [0.717, 1.165) is 27.7 Å². The van der Waals surface area contributed by atoms with Gasteiger partial charge in [0.15, 0.2) is 5.11 Å². The molecule has 0 unspecified atom stereocenters. The van der Waals surface area contributed by atoms with Crippen LogP contribution in [0.2, 0.25) is 0 Å². The van der Waals surface area contributed by atoms with E-state index in [-0.39, 0.29) is 5.91 Å². The molecule has 1 amide bonds. The zero-order chi connectivity index (χ0) is 20.8. The molecule has 0 fully saturated rings. The maximum absolute atomic E-state index is 12.5. The molecule has 0 bridgehead atoms. The average Bonchev–Trinajstić information content (AvgIpc) is 2.78. The van der Waals surface area contributed by atoms with Crippen molar-refractivity contribution >= 4 is 45.4 Å². The Morgan fingerprint density at radius 1 is 0.767 bits per heavy atom. The lowest BCUT2D eigenvalue weighted by atomic mass is 10.1. The molecule has 5 heteroatoms. The average molecular weight is 412 g/mol. The van der Waals surface area contributed by atoms with Gasteiger partial charge in [-0.25, -0.2) is 0 Å². The maximum Gasteiger partial charge on any atom is 0.251 e. The summed E-state index contributed by atoms with van der Waals surface area (Å²) in [6.07, 6.45) is 0. The predicted octanol–water partition coefficient (Wildman–Crippen LogP) is 5.58. The highest BCUT2D eigenvalue weighted by Gasteiger charge is 2.08. The van der Waals surface area contributed by atoms with E-state index in [2.05, 4.69) is 34.1 Å². The van der Waals surface area contributed by atoms with Crippen molar-refractivity contribution < 1.29 is 4.79 Å². The molecule has 3 N–H and O–H groups in total. The van der Waals surface area contributed by atoms with Crippen LogP contribution >= 0.6 is 12.2 Å². The fourth-order valence-corrected chi connectivity index (χ4v) is 3.47. The highest BCUT2D eigenvalue weighted by atomic mass is 32.1. The monoisotopic (exact) mass is 411 g/mol. The van der Waals surface area contributed by atoms with Crippen molar-refractivity contribution in [2.75, 3.05) is 10.6 Å². The zero-order valence-corrected chi connectivity index (χ0v) is 17.1. The molecule has 4 aromatic rings. The van der Waals surface area contributed by atoms with Crippen LogP contribution in [0.1, 0.15) is 15.9 Å². The molecule has 0 aliphatic heterocycles. The van der Waals surface area contributed by atoms with Gasteiger partial charge in [0.25, 0.3) is 5.91 Å². The number of nitrogens with one attached hydrogen (secondary N) is 3. The molecule has 30 heavy (non-hydrogen) atoms. The molecule has 0 heterocycles. The Morgan fingerprint density at radius 2 is 1.50 bits per heavy atom. The number of rotatable bonds is 5. The van der Waals surface area contributed by atoms with Crippen molar-refractivity contribution in [2.24, 2.45) is 0 Å². The first-order chi connectivity index (χ1) is 14.7. The van der Waals surface area contributed by atoms with Gasteiger partial charge in [0.1, 0.15) is 0 Å². The van der Waals surface area contributed by atoms with E-state index in [1.165, 1.54) is 0 Å². The number of thiocarbonyl (C=S) groups is 1. The molecule has 4 nitrogen and oxygen atoms in total. The standard InChI is InChI=1S/C25H21N3OS/c29-24(26-17-18-8-2-1-3-9-18)20-12-6-13-21(16-20)27-25(30)28-23-15-7-11-19-10-4-5-14-22(19)23/h1-16H,17H2,(H,26,29)(H2,27,28,30). The van der Waals surface area contributed by atoms with Crippen LogP contribution in [0.3, 0.4) is 0 Å². The third-order valence-electron chi connectivity index (χ3n) is 4.72. The zero-order valence-electron chi connectivity index (χ0n) is 16.3. The summed E-state index contributed by atoms with van der Waals surface area (Å²) in [6, 6.07) is 31.3. The van der Waals surface area contributed by atoms with E-state index in [0.29, 0.717) is 17.2 Å². The summed E-state index contributed by atoms with van der Waals surface area (Å²) in [5, 5.41) is 12.1. The molecule has 0 aliphatic rings. The smallest absolute Gasteiger partial charge is 0.251 e. The normalized spacial score (nSPS) is 10.4. The van der Waals surface area contributed by atoms with E-state index >= 15 is 0 Å². The minimum atomic E-state index is -0.129. The lowest BCUT2D eigenvalue weighted by Gasteiger charge is -2.13. The third kappa shape index (κ3) is 4.82. The molecule has 0 atom stereocenters. The molecule has 148 valence electrons. The van der Waals surface area contributed by atoms with Crippen LogP contribution in [0.25, 0.3) is 10.8 Å². The largest absolute Gasteiger partial charge is 0.348 e. The molecule has 0 radical (unpaired) electrons. The third-order valence-corrected chi connectivity index (χ3v) is 4.92. The number of carbonyl (C=O) groups is 1. The summed E-state index contributed by atoms with van der Waals surface area (Å²) in [5.74, 6) is -0.129. The molecule has 4 aromatic carbocycles. The Bertz CT molecular complexity index is 1190. The van der Waals surface area contributed by atoms with Crippen LogP contribution in [0.15, 0.2) is 97.1 Å². The van der Waals surface area contributed by atoms with Gasteiger partial charge in [0.05, 0.1) is 0 Å².